The maximum Gasteiger partial charge on any atom is 0.326 e. The third-order valence-corrected chi connectivity index (χ3v) is 11.3. The van der Waals surface area contributed by atoms with E-state index in [0.717, 1.165) is 64.2 Å². The molecule has 0 rings (SSSR count). The molecule has 4 N–H and O–H groups in total. The Balaban J connectivity index is 4.24. The zero-order valence-corrected chi connectivity index (χ0v) is 37.3. The van der Waals surface area contributed by atoms with Gasteiger partial charge in [-0.15, -0.1) is 0 Å². The molecular weight excluding hydrogens is 697 g/mol. The van der Waals surface area contributed by atoms with Gasteiger partial charge in [-0.2, -0.15) is 0 Å². The highest BCUT2D eigenvalue weighted by Crippen LogP contribution is 2.19. The van der Waals surface area contributed by atoms with Gasteiger partial charge in [0.2, 0.25) is 5.91 Å². The summed E-state index contributed by atoms with van der Waals surface area (Å²) < 4.78 is 6.07. The summed E-state index contributed by atoms with van der Waals surface area (Å²) in [4.78, 5) is 36.5. The summed E-state index contributed by atoms with van der Waals surface area (Å²) in [5.41, 5.74) is 5.49. The molecule has 1 amide bonds. The molecule has 0 spiro atoms. The normalized spacial score (nSPS) is 12.6. The number of carboxylic acids is 1. The van der Waals surface area contributed by atoms with Crippen molar-refractivity contribution in [2.75, 3.05) is 6.54 Å². The van der Waals surface area contributed by atoms with E-state index in [1.54, 1.807) is 0 Å². The van der Waals surface area contributed by atoms with E-state index in [1.807, 2.05) is 0 Å². The third-order valence-electron chi connectivity index (χ3n) is 11.3. The average Bonchev–Trinajstić information content (AvgIpc) is 3.18. The molecule has 7 nitrogen and oxygen atoms in total. The summed E-state index contributed by atoms with van der Waals surface area (Å²) in [7, 11) is 0. The second-order valence-electron chi connectivity index (χ2n) is 16.9. The first kappa shape index (κ1) is 54.1. The second-order valence-corrected chi connectivity index (χ2v) is 16.9. The fourth-order valence-corrected chi connectivity index (χ4v) is 7.62. The monoisotopic (exact) mass is 791 g/mol. The van der Waals surface area contributed by atoms with Crippen LogP contribution >= 0.6 is 0 Å². The number of allylic oxidation sites excluding steroid dienone is 2. The fourth-order valence-electron chi connectivity index (χ4n) is 7.62. The standard InChI is InChI=1S/C49H94N2O5/c1-3-5-7-9-11-13-15-17-18-19-20-21-22-24-26-28-33-37-43-48(53)56-45(39-34-30-27-25-23-16-14-12-10-8-6-4-2)40-35-31-29-32-36-42-47(52)51-46(49(54)55)41-38-44-50/h18-19,45-46H,3-17,20-44,50H2,1-2H3,(H,51,52)(H,54,55)/b19-18-. The summed E-state index contributed by atoms with van der Waals surface area (Å²) in [6.45, 7) is 4.97. The van der Waals surface area contributed by atoms with Gasteiger partial charge in [0.05, 0.1) is 0 Å². The topological polar surface area (TPSA) is 119 Å². The predicted molar refractivity (Wildman–Crippen MR) is 239 cm³/mol. The lowest BCUT2D eigenvalue weighted by Crippen LogP contribution is -2.40. The number of unbranched alkanes of at least 4 members (excludes halogenated alkanes) is 29. The maximum atomic E-state index is 12.8. The lowest BCUT2D eigenvalue weighted by Gasteiger charge is -2.18. The number of nitrogens with one attached hydrogen (secondary N) is 1. The van der Waals surface area contributed by atoms with Crippen LogP contribution < -0.4 is 11.1 Å². The van der Waals surface area contributed by atoms with Crippen LogP contribution in [0, 0.1) is 0 Å². The van der Waals surface area contributed by atoms with Crippen LogP contribution in [0.5, 0.6) is 0 Å². The number of hydrogen-bond acceptors (Lipinski definition) is 5. The van der Waals surface area contributed by atoms with Gasteiger partial charge in [-0.25, -0.2) is 4.79 Å². The number of rotatable bonds is 45. The van der Waals surface area contributed by atoms with Crippen molar-refractivity contribution in [2.24, 2.45) is 5.73 Å². The van der Waals surface area contributed by atoms with Gasteiger partial charge in [-0.3, -0.25) is 9.59 Å². The van der Waals surface area contributed by atoms with Gasteiger partial charge in [-0.1, -0.05) is 187 Å². The van der Waals surface area contributed by atoms with E-state index in [4.69, 9.17) is 10.5 Å². The van der Waals surface area contributed by atoms with Gasteiger partial charge in [0, 0.05) is 12.8 Å². The number of nitrogens with two attached hydrogens (primary N) is 1. The van der Waals surface area contributed by atoms with Crippen molar-refractivity contribution in [3.05, 3.63) is 12.2 Å². The lowest BCUT2D eigenvalue weighted by atomic mass is 10.0. The molecular formula is C49H94N2O5. The molecule has 2 atom stereocenters. The zero-order chi connectivity index (χ0) is 41.0. The summed E-state index contributed by atoms with van der Waals surface area (Å²) >= 11 is 0. The second kappa shape index (κ2) is 44.2. The van der Waals surface area contributed by atoms with Gasteiger partial charge in [0.15, 0.2) is 0 Å². The Kier molecular flexibility index (Phi) is 42.7. The fraction of sp³-hybridized carbons (Fsp3) is 0.898. The minimum absolute atomic E-state index is 0.0162. The van der Waals surface area contributed by atoms with E-state index >= 15 is 0 Å². The Bertz CT molecular complexity index is 894. The van der Waals surface area contributed by atoms with Crippen LogP contribution in [0.3, 0.4) is 0 Å². The highest BCUT2D eigenvalue weighted by Gasteiger charge is 2.19. The first-order chi connectivity index (χ1) is 27.4. The number of carboxylic acid groups (broad SMARTS) is 1. The maximum absolute atomic E-state index is 12.8. The first-order valence-electron chi connectivity index (χ1n) is 24.5. The molecule has 0 radical (unpaired) electrons. The first-order valence-corrected chi connectivity index (χ1v) is 24.5. The zero-order valence-electron chi connectivity index (χ0n) is 37.3. The highest BCUT2D eigenvalue weighted by molar-refractivity contribution is 5.83. The van der Waals surface area contributed by atoms with Crippen molar-refractivity contribution in [2.45, 2.75) is 276 Å². The molecule has 0 fully saturated rings. The van der Waals surface area contributed by atoms with Gasteiger partial charge in [0.1, 0.15) is 12.1 Å². The van der Waals surface area contributed by atoms with E-state index in [9.17, 15) is 19.5 Å². The number of amides is 1. The van der Waals surface area contributed by atoms with Crippen LogP contribution in [-0.2, 0) is 19.1 Å². The molecule has 0 aromatic carbocycles. The molecule has 0 saturated heterocycles. The molecule has 0 bridgehead atoms. The van der Waals surface area contributed by atoms with Crippen LogP contribution in [0.2, 0.25) is 0 Å². The number of aliphatic carboxylic acids is 1. The van der Waals surface area contributed by atoms with Crippen LogP contribution in [0.1, 0.15) is 264 Å². The Morgan fingerprint density at radius 2 is 0.875 bits per heavy atom. The summed E-state index contributed by atoms with van der Waals surface area (Å²) in [6.07, 6.45) is 49.8. The molecule has 0 aliphatic heterocycles. The van der Waals surface area contributed by atoms with Crippen LogP contribution in [0.25, 0.3) is 0 Å². The molecule has 0 aromatic heterocycles. The largest absolute Gasteiger partial charge is 0.480 e. The third kappa shape index (κ3) is 40.3. The Morgan fingerprint density at radius 3 is 1.29 bits per heavy atom. The number of ether oxygens (including phenoxy) is 1. The smallest absolute Gasteiger partial charge is 0.326 e. The minimum Gasteiger partial charge on any atom is -0.480 e. The minimum atomic E-state index is -1.00. The molecule has 0 aliphatic rings. The number of hydrogen-bond donors (Lipinski definition) is 3. The number of carbonyl (C=O) groups excluding carboxylic acids is 2. The molecule has 0 aliphatic carbocycles. The van der Waals surface area contributed by atoms with Gasteiger partial charge in [0.25, 0.3) is 0 Å². The lowest BCUT2D eigenvalue weighted by molar-refractivity contribution is -0.150. The molecule has 0 heterocycles. The molecule has 330 valence electrons. The number of carbonyl (C=O) groups is 3. The highest BCUT2D eigenvalue weighted by atomic mass is 16.5. The Morgan fingerprint density at radius 1 is 0.500 bits per heavy atom. The quantitative estimate of drug-likeness (QED) is 0.0321. The SMILES string of the molecule is CCCCCCCCC/C=C\CCCCCCCCCC(=O)OC(CCCCCCCCCCCCCC)CCCCCCCC(=O)NC(CCCN)C(=O)O. The molecule has 56 heavy (non-hydrogen) atoms. The summed E-state index contributed by atoms with van der Waals surface area (Å²) in [6, 6.07) is -0.854. The molecule has 0 aromatic rings. The van der Waals surface area contributed by atoms with Gasteiger partial charge >= 0.3 is 11.9 Å². The number of esters is 1. The van der Waals surface area contributed by atoms with Crippen LogP contribution in [0.4, 0.5) is 0 Å². The van der Waals surface area contributed by atoms with Gasteiger partial charge < -0.3 is 20.9 Å². The van der Waals surface area contributed by atoms with Crippen molar-refractivity contribution in [3.63, 3.8) is 0 Å². The average molecular weight is 791 g/mol. The van der Waals surface area contributed by atoms with Gasteiger partial charge in [-0.05, 0) is 83.6 Å². The van der Waals surface area contributed by atoms with Crippen molar-refractivity contribution in [1.29, 1.82) is 0 Å². The van der Waals surface area contributed by atoms with Crippen molar-refractivity contribution < 1.29 is 24.2 Å². The van der Waals surface area contributed by atoms with E-state index in [1.165, 1.54) is 161 Å². The van der Waals surface area contributed by atoms with Crippen molar-refractivity contribution in [1.82, 2.24) is 5.32 Å². The summed E-state index contributed by atoms with van der Waals surface area (Å²) in [5, 5.41) is 12.0. The Labute approximate surface area is 347 Å². The predicted octanol–water partition coefficient (Wildman–Crippen LogP) is 14.2. The van der Waals surface area contributed by atoms with Crippen molar-refractivity contribution in [3.8, 4) is 0 Å². The van der Waals surface area contributed by atoms with Crippen LogP contribution in [0.15, 0.2) is 12.2 Å². The van der Waals surface area contributed by atoms with Crippen molar-refractivity contribution >= 4 is 17.8 Å². The van der Waals surface area contributed by atoms with E-state index < -0.39 is 12.0 Å². The van der Waals surface area contributed by atoms with Crippen LogP contribution in [-0.4, -0.2) is 41.6 Å². The summed E-state index contributed by atoms with van der Waals surface area (Å²) in [5.74, 6) is -1.22. The van der Waals surface area contributed by atoms with E-state index in [0.29, 0.717) is 32.2 Å². The molecule has 7 heteroatoms. The van der Waals surface area contributed by atoms with E-state index in [-0.39, 0.29) is 18.0 Å². The molecule has 2 unspecified atom stereocenters. The Hall–Kier alpha value is -1.89. The van der Waals surface area contributed by atoms with E-state index in [2.05, 4.69) is 31.3 Å². The molecule has 0 saturated carbocycles.